The average Bonchev–Trinajstić information content (AvgIpc) is 2.45. The fourth-order valence-corrected chi connectivity index (χ4v) is 2.37. The molecular weight excluding hydrogens is 323 g/mol. The molecule has 2 N–H and O–H groups in total. The maximum Gasteiger partial charge on any atom is 0.416 e. The molecule has 0 aliphatic rings. The van der Waals surface area contributed by atoms with Gasteiger partial charge in [0.25, 0.3) is 5.56 Å². The number of nitrogens with zero attached hydrogens (tertiary/aromatic N) is 1. The maximum atomic E-state index is 12.8. The third-order valence-corrected chi connectivity index (χ3v) is 3.57. The van der Waals surface area contributed by atoms with Gasteiger partial charge in [-0.25, -0.2) is 4.79 Å². The van der Waals surface area contributed by atoms with Gasteiger partial charge in [0, 0.05) is 18.2 Å². The van der Waals surface area contributed by atoms with Crippen LogP contribution in [-0.4, -0.2) is 9.55 Å². The number of H-pyrrole nitrogens is 1. The Hall–Kier alpha value is -2.51. The van der Waals surface area contributed by atoms with E-state index >= 15 is 0 Å². The van der Waals surface area contributed by atoms with Crippen molar-refractivity contribution >= 4 is 5.82 Å². The highest BCUT2D eigenvalue weighted by Gasteiger charge is 2.30. The first kappa shape index (κ1) is 17.8. The summed E-state index contributed by atoms with van der Waals surface area (Å²) in [6, 6.07) is 5.27. The first-order valence-corrected chi connectivity index (χ1v) is 7.39. The molecule has 24 heavy (non-hydrogen) atoms. The van der Waals surface area contributed by atoms with Crippen LogP contribution in [0.3, 0.4) is 0 Å². The number of rotatable bonds is 4. The van der Waals surface area contributed by atoms with E-state index in [2.05, 4.69) is 10.3 Å². The molecule has 0 saturated carbocycles. The topological polar surface area (TPSA) is 66.9 Å². The molecule has 0 radical (unpaired) electrons. The summed E-state index contributed by atoms with van der Waals surface area (Å²) in [6.45, 7) is 5.05. The number of aromatic nitrogens is 2. The van der Waals surface area contributed by atoms with Crippen molar-refractivity contribution in [2.45, 2.75) is 39.0 Å². The van der Waals surface area contributed by atoms with Crippen molar-refractivity contribution in [3.63, 3.8) is 0 Å². The Kier molecular flexibility index (Phi) is 4.86. The second-order valence-corrected chi connectivity index (χ2v) is 5.78. The summed E-state index contributed by atoms with van der Waals surface area (Å²) in [5.74, 6) is 0.159. The van der Waals surface area contributed by atoms with Crippen molar-refractivity contribution < 1.29 is 13.2 Å². The third-order valence-electron chi connectivity index (χ3n) is 3.57. The standard InChI is InChI=1S/C16H18F3N3O2/c1-9(2)22-14(23)8-13(21-15(22)24)20-10(3)11-5-4-6-12(7-11)16(17,18)19/h4-10,20H,1-3H3,(H,21,24). The molecule has 0 aliphatic carbocycles. The number of anilines is 1. The van der Waals surface area contributed by atoms with Gasteiger partial charge in [-0.05, 0) is 38.5 Å². The van der Waals surface area contributed by atoms with Gasteiger partial charge in [0.15, 0.2) is 0 Å². The van der Waals surface area contributed by atoms with Crippen LogP contribution in [0.5, 0.6) is 0 Å². The first-order chi connectivity index (χ1) is 11.1. The molecule has 1 heterocycles. The van der Waals surface area contributed by atoms with Gasteiger partial charge in [-0.3, -0.25) is 14.3 Å². The zero-order chi connectivity index (χ0) is 18.1. The molecule has 0 amide bonds. The van der Waals surface area contributed by atoms with E-state index < -0.39 is 29.0 Å². The molecular formula is C16H18F3N3O2. The Bertz CT molecular complexity index is 806. The van der Waals surface area contributed by atoms with Crippen LogP contribution in [0.4, 0.5) is 19.0 Å². The van der Waals surface area contributed by atoms with Crippen molar-refractivity contribution in [3.05, 3.63) is 62.3 Å². The van der Waals surface area contributed by atoms with E-state index in [0.717, 1.165) is 16.7 Å². The lowest BCUT2D eigenvalue weighted by Crippen LogP contribution is -2.36. The van der Waals surface area contributed by atoms with Crippen LogP contribution in [-0.2, 0) is 6.18 Å². The van der Waals surface area contributed by atoms with Gasteiger partial charge in [0.2, 0.25) is 0 Å². The monoisotopic (exact) mass is 341 g/mol. The molecule has 1 atom stereocenters. The summed E-state index contributed by atoms with van der Waals surface area (Å²) in [7, 11) is 0. The molecule has 8 heteroatoms. The molecule has 2 rings (SSSR count). The fraction of sp³-hybridized carbons (Fsp3) is 0.375. The lowest BCUT2D eigenvalue weighted by Gasteiger charge is -2.17. The van der Waals surface area contributed by atoms with Gasteiger partial charge in [0.1, 0.15) is 5.82 Å². The normalized spacial score (nSPS) is 13.1. The summed E-state index contributed by atoms with van der Waals surface area (Å²) in [5, 5.41) is 2.85. The van der Waals surface area contributed by atoms with Crippen molar-refractivity contribution in [1.82, 2.24) is 9.55 Å². The molecule has 0 saturated heterocycles. The Morgan fingerprint density at radius 1 is 1.12 bits per heavy atom. The number of halogens is 3. The van der Waals surface area contributed by atoms with Gasteiger partial charge in [-0.15, -0.1) is 0 Å². The molecule has 0 fully saturated rings. The first-order valence-electron chi connectivity index (χ1n) is 7.39. The van der Waals surface area contributed by atoms with Crippen LogP contribution in [0.25, 0.3) is 0 Å². The van der Waals surface area contributed by atoms with Crippen LogP contribution >= 0.6 is 0 Å². The predicted molar refractivity (Wildman–Crippen MR) is 85.2 cm³/mol. The van der Waals surface area contributed by atoms with Crippen LogP contribution < -0.4 is 16.6 Å². The minimum absolute atomic E-state index is 0.159. The minimum atomic E-state index is -4.43. The molecule has 1 aromatic heterocycles. The molecule has 130 valence electrons. The van der Waals surface area contributed by atoms with Crippen LogP contribution in [0.15, 0.2) is 39.9 Å². The van der Waals surface area contributed by atoms with E-state index in [1.807, 2.05) is 0 Å². The molecule has 1 aromatic carbocycles. The molecule has 1 unspecified atom stereocenters. The number of hydrogen-bond donors (Lipinski definition) is 2. The van der Waals surface area contributed by atoms with E-state index in [1.165, 1.54) is 12.1 Å². The van der Waals surface area contributed by atoms with Gasteiger partial charge in [-0.2, -0.15) is 13.2 Å². The van der Waals surface area contributed by atoms with E-state index in [4.69, 9.17) is 0 Å². The van der Waals surface area contributed by atoms with Crippen LogP contribution in [0.2, 0.25) is 0 Å². The number of nitrogens with one attached hydrogen (secondary N) is 2. The quantitative estimate of drug-likeness (QED) is 0.897. The molecule has 0 spiro atoms. The van der Waals surface area contributed by atoms with E-state index in [0.29, 0.717) is 5.56 Å². The summed E-state index contributed by atoms with van der Waals surface area (Å²) in [5.41, 5.74) is -1.42. The Balaban J connectivity index is 2.29. The summed E-state index contributed by atoms with van der Waals surface area (Å²) < 4.78 is 39.4. The summed E-state index contributed by atoms with van der Waals surface area (Å²) in [4.78, 5) is 26.4. The van der Waals surface area contributed by atoms with Crippen LogP contribution in [0, 0.1) is 0 Å². The predicted octanol–water partition coefficient (Wildman–Crippen LogP) is 3.31. The van der Waals surface area contributed by atoms with Crippen LogP contribution in [0.1, 0.15) is 44.0 Å². The van der Waals surface area contributed by atoms with Crippen molar-refractivity contribution in [2.24, 2.45) is 0 Å². The molecule has 0 bridgehead atoms. The second kappa shape index (κ2) is 6.54. The number of hydrogen-bond acceptors (Lipinski definition) is 3. The fourth-order valence-electron chi connectivity index (χ4n) is 2.37. The zero-order valence-electron chi connectivity index (χ0n) is 13.4. The van der Waals surface area contributed by atoms with Gasteiger partial charge in [0.05, 0.1) is 5.56 Å². The highest BCUT2D eigenvalue weighted by Crippen LogP contribution is 2.31. The third kappa shape index (κ3) is 3.87. The summed E-state index contributed by atoms with van der Waals surface area (Å²) in [6.07, 6.45) is -4.43. The Labute approximate surface area is 136 Å². The smallest absolute Gasteiger partial charge is 0.365 e. The number of benzene rings is 1. The highest BCUT2D eigenvalue weighted by atomic mass is 19.4. The number of aromatic amines is 1. The minimum Gasteiger partial charge on any atom is -0.365 e. The van der Waals surface area contributed by atoms with Crippen molar-refractivity contribution in [1.29, 1.82) is 0 Å². The molecule has 5 nitrogen and oxygen atoms in total. The largest absolute Gasteiger partial charge is 0.416 e. The Morgan fingerprint density at radius 2 is 1.79 bits per heavy atom. The highest BCUT2D eigenvalue weighted by molar-refractivity contribution is 5.38. The average molecular weight is 341 g/mol. The van der Waals surface area contributed by atoms with Gasteiger partial charge in [-0.1, -0.05) is 12.1 Å². The van der Waals surface area contributed by atoms with E-state index in [-0.39, 0.29) is 11.9 Å². The van der Waals surface area contributed by atoms with Gasteiger partial charge < -0.3 is 5.32 Å². The van der Waals surface area contributed by atoms with E-state index in [1.54, 1.807) is 26.8 Å². The van der Waals surface area contributed by atoms with E-state index in [9.17, 15) is 22.8 Å². The maximum absolute atomic E-state index is 12.8. The second-order valence-electron chi connectivity index (χ2n) is 5.78. The Morgan fingerprint density at radius 3 is 2.33 bits per heavy atom. The van der Waals surface area contributed by atoms with Crippen molar-refractivity contribution in [3.8, 4) is 0 Å². The molecule has 0 aliphatic heterocycles. The lowest BCUT2D eigenvalue weighted by molar-refractivity contribution is -0.137. The molecule has 2 aromatic rings. The zero-order valence-corrected chi connectivity index (χ0v) is 13.4. The lowest BCUT2D eigenvalue weighted by atomic mass is 10.0. The van der Waals surface area contributed by atoms with Crippen molar-refractivity contribution in [2.75, 3.05) is 5.32 Å². The summed E-state index contributed by atoms with van der Waals surface area (Å²) >= 11 is 0. The SMILES string of the molecule is CC(Nc1cc(=O)n(C(C)C)c(=O)[nH]1)c1cccc(C(F)(F)F)c1. The number of alkyl halides is 3. The van der Waals surface area contributed by atoms with Gasteiger partial charge >= 0.3 is 11.9 Å².